The van der Waals surface area contributed by atoms with E-state index in [4.69, 9.17) is 25.5 Å². The highest BCUT2D eigenvalue weighted by Crippen LogP contribution is 2.28. The molecule has 0 bridgehead atoms. The number of unbranched alkanes of at least 4 members (excludes halogenated alkanes) is 2. The van der Waals surface area contributed by atoms with Gasteiger partial charge in [-0.25, -0.2) is 14.6 Å². The number of alkyl halides is 3. The minimum absolute atomic E-state index is 0.223. The first-order chi connectivity index (χ1) is 18.5. The summed E-state index contributed by atoms with van der Waals surface area (Å²) in [5.41, 5.74) is 9.25. The summed E-state index contributed by atoms with van der Waals surface area (Å²) in [6.07, 6.45) is -4.10. The van der Waals surface area contributed by atoms with Crippen molar-refractivity contribution in [2.24, 2.45) is 5.73 Å². The molecule has 0 saturated carbocycles. The number of nitrogens with two attached hydrogens (primary N) is 1. The van der Waals surface area contributed by atoms with Crippen LogP contribution in [0.1, 0.15) is 25.7 Å². The van der Waals surface area contributed by atoms with Crippen LogP contribution in [0.15, 0.2) is 72.8 Å². The molecular weight excluding hydrogens is 519 g/mol. The van der Waals surface area contributed by atoms with Crippen LogP contribution in [0, 0.1) is 0 Å². The van der Waals surface area contributed by atoms with Gasteiger partial charge in [-0.05, 0) is 36.5 Å². The van der Waals surface area contributed by atoms with Gasteiger partial charge in [-0.15, -0.1) is 0 Å². The van der Waals surface area contributed by atoms with E-state index in [1.54, 1.807) is 0 Å². The maximum Gasteiger partial charge on any atom is 0.490 e. The number of benzene rings is 2. The maximum absolute atomic E-state index is 11.7. The van der Waals surface area contributed by atoms with Gasteiger partial charge in [0, 0.05) is 18.1 Å². The molecule has 0 radical (unpaired) electrons. The van der Waals surface area contributed by atoms with Crippen molar-refractivity contribution in [3.8, 4) is 28.3 Å². The summed E-state index contributed by atoms with van der Waals surface area (Å²) in [5.74, 6) is -3.83. The van der Waals surface area contributed by atoms with Crippen LogP contribution in [-0.2, 0) is 14.4 Å². The molecule has 3 aromatic rings. The summed E-state index contributed by atoms with van der Waals surface area (Å²) >= 11 is 0. The molecule has 2 aromatic carbocycles. The van der Waals surface area contributed by atoms with Gasteiger partial charge in [0.25, 0.3) is 0 Å². The number of pyridine rings is 1. The van der Waals surface area contributed by atoms with Crippen LogP contribution < -0.4 is 15.8 Å². The molecule has 208 valence electrons. The summed E-state index contributed by atoms with van der Waals surface area (Å²) in [6, 6.07) is 24.0. The number of hydrogen-bond acceptors (Lipinski definition) is 6. The van der Waals surface area contributed by atoms with Crippen molar-refractivity contribution in [1.82, 2.24) is 10.3 Å². The predicted molar refractivity (Wildman–Crippen MR) is 137 cm³/mol. The molecule has 39 heavy (non-hydrogen) atoms. The first-order valence-electron chi connectivity index (χ1n) is 11.8. The molecule has 9 nitrogen and oxygen atoms in total. The lowest BCUT2D eigenvalue weighted by atomic mass is 10.0. The van der Waals surface area contributed by atoms with E-state index in [0.717, 1.165) is 35.2 Å². The van der Waals surface area contributed by atoms with E-state index in [2.05, 4.69) is 28.5 Å². The summed E-state index contributed by atoms with van der Waals surface area (Å²) in [5, 5.41) is 18.1. The largest absolute Gasteiger partial charge is 0.490 e. The smallest absolute Gasteiger partial charge is 0.479 e. The zero-order valence-electron chi connectivity index (χ0n) is 20.7. The van der Waals surface area contributed by atoms with E-state index in [0.29, 0.717) is 18.9 Å². The molecule has 1 aromatic heterocycles. The third-order valence-corrected chi connectivity index (χ3v) is 5.10. The highest BCUT2D eigenvalue weighted by Gasteiger charge is 2.38. The highest BCUT2D eigenvalue weighted by atomic mass is 19.4. The Kier molecular flexibility index (Phi) is 11.9. The number of rotatable bonds is 11. The molecule has 0 spiro atoms. The zero-order valence-corrected chi connectivity index (χ0v) is 20.7. The second-order valence-corrected chi connectivity index (χ2v) is 8.16. The summed E-state index contributed by atoms with van der Waals surface area (Å²) in [7, 11) is 0. The number of carbonyl (C=O) groups excluding carboxylic acids is 1. The number of carbonyl (C=O) groups is 3. The number of nitrogens with one attached hydrogen (secondary N) is 1. The Bertz CT molecular complexity index is 1170. The number of carboxylic acid groups (broad SMARTS) is 2. The fourth-order valence-corrected chi connectivity index (χ4v) is 3.18. The molecule has 1 heterocycles. The zero-order chi connectivity index (χ0) is 28.8. The van der Waals surface area contributed by atoms with Gasteiger partial charge in [-0.2, -0.15) is 13.2 Å². The van der Waals surface area contributed by atoms with Gasteiger partial charge in [-0.1, -0.05) is 60.7 Å². The maximum atomic E-state index is 11.7. The van der Waals surface area contributed by atoms with Gasteiger partial charge in [0.15, 0.2) is 6.17 Å². The average molecular weight is 548 g/mol. The van der Waals surface area contributed by atoms with Crippen molar-refractivity contribution < 1.29 is 42.5 Å². The minimum atomic E-state index is -5.08. The van der Waals surface area contributed by atoms with Gasteiger partial charge in [-0.3, -0.25) is 4.79 Å². The first kappa shape index (κ1) is 30.8. The lowest BCUT2D eigenvalue weighted by Crippen LogP contribution is -2.47. The van der Waals surface area contributed by atoms with Crippen LogP contribution >= 0.6 is 0 Å². The number of amides is 1. The third kappa shape index (κ3) is 11.2. The Hall–Kier alpha value is -4.45. The van der Waals surface area contributed by atoms with Crippen molar-refractivity contribution in [2.45, 2.75) is 38.0 Å². The number of carboxylic acids is 2. The van der Waals surface area contributed by atoms with Crippen LogP contribution in [-0.4, -0.2) is 52.0 Å². The van der Waals surface area contributed by atoms with Crippen molar-refractivity contribution in [1.29, 1.82) is 0 Å². The van der Waals surface area contributed by atoms with Gasteiger partial charge in [0.05, 0.1) is 12.3 Å². The Balaban J connectivity index is 0.000000673. The molecule has 0 aliphatic heterocycles. The Labute approximate surface area is 222 Å². The molecule has 12 heteroatoms. The van der Waals surface area contributed by atoms with Crippen LogP contribution in [0.2, 0.25) is 0 Å². The Morgan fingerprint density at radius 2 is 1.44 bits per heavy atom. The topological polar surface area (TPSA) is 152 Å². The fourth-order valence-electron chi connectivity index (χ4n) is 3.18. The summed E-state index contributed by atoms with van der Waals surface area (Å²) in [4.78, 5) is 35.9. The second kappa shape index (κ2) is 15.1. The molecule has 1 unspecified atom stereocenters. The molecule has 3 rings (SSSR count). The number of hydrogen-bond donors (Lipinski definition) is 4. The van der Waals surface area contributed by atoms with Gasteiger partial charge in [0.1, 0.15) is 0 Å². The van der Waals surface area contributed by atoms with Gasteiger partial charge >= 0.3 is 18.1 Å². The molecule has 5 N–H and O–H groups in total. The lowest BCUT2D eigenvalue weighted by Gasteiger charge is -2.11. The standard InChI is InChI=1S/C25H27N3O4.C2HF3O2/c26-24(25(30)31)28-22(29)14-8-3-9-15-32-23-17-20(18-10-4-1-5-11-18)16-21(27-23)19-12-6-2-7-13-19;3-2(4,5)1(6)7/h1-2,4-7,10-13,16-17,24H,3,8-9,14-15,26H2,(H,28,29)(H,30,31);(H,6,7). The van der Waals surface area contributed by atoms with Gasteiger partial charge in [0.2, 0.25) is 11.8 Å². The van der Waals surface area contributed by atoms with Crippen molar-refractivity contribution in [3.63, 3.8) is 0 Å². The van der Waals surface area contributed by atoms with Gasteiger partial charge < -0.3 is 26.0 Å². The van der Waals surface area contributed by atoms with Crippen LogP contribution in [0.3, 0.4) is 0 Å². The molecule has 0 fully saturated rings. The van der Waals surface area contributed by atoms with Crippen LogP contribution in [0.5, 0.6) is 5.88 Å². The number of ether oxygens (including phenoxy) is 1. The van der Waals surface area contributed by atoms with E-state index in [1.165, 1.54) is 0 Å². The predicted octanol–water partition coefficient (Wildman–Crippen LogP) is 4.47. The number of nitrogens with zero attached hydrogens (tertiary/aromatic N) is 1. The van der Waals surface area contributed by atoms with Crippen LogP contribution in [0.25, 0.3) is 22.4 Å². The number of aromatic nitrogens is 1. The fraction of sp³-hybridized carbons (Fsp3) is 0.259. The minimum Gasteiger partial charge on any atom is -0.479 e. The monoisotopic (exact) mass is 547 g/mol. The van der Waals surface area contributed by atoms with Crippen molar-refractivity contribution in [3.05, 3.63) is 72.8 Å². The summed E-state index contributed by atoms with van der Waals surface area (Å²) in [6.45, 7) is 0.468. The second-order valence-electron chi connectivity index (χ2n) is 8.16. The van der Waals surface area contributed by atoms with Crippen molar-refractivity contribution in [2.75, 3.05) is 6.61 Å². The average Bonchev–Trinajstić information content (AvgIpc) is 2.91. The quantitative estimate of drug-likeness (QED) is 0.203. The third-order valence-electron chi connectivity index (χ3n) is 5.10. The molecule has 0 aliphatic carbocycles. The van der Waals surface area contributed by atoms with E-state index >= 15 is 0 Å². The molecule has 0 aliphatic rings. The molecular formula is C27H28F3N3O6. The highest BCUT2D eigenvalue weighted by molar-refractivity contribution is 5.82. The Morgan fingerprint density at radius 1 is 0.872 bits per heavy atom. The van der Waals surface area contributed by atoms with Crippen LogP contribution in [0.4, 0.5) is 13.2 Å². The Morgan fingerprint density at radius 3 is 1.97 bits per heavy atom. The molecule has 1 amide bonds. The first-order valence-corrected chi connectivity index (χ1v) is 11.8. The van der Waals surface area contributed by atoms with Crippen molar-refractivity contribution >= 4 is 17.8 Å². The number of aliphatic carboxylic acids is 2. The summed E-state index contributed by atoms with van der Waals surface area (Å²) < 4.78 is 37.7. The van der Waals surface area contributed by atoms with E-state index in [9.17, 15) is 22.8 Å². The van der Waals surface area contributed by atoms with E-state index < -0.39 is 24.3 Å². The SMILES string of the molecule is NC(NC(=O)CCCCCOc1cc(-c2ccccc2)cc(-c2ccccc2)n1)C(=O)O.O=C(O)C(F)(F)F. The number of halogens is 3. The molecule has 1 atom stereocenters. The van der Waals surface area contributed by atoms with E-state index in [1.807, 2.05) is 54.6 Å². The van der Waals surface area contributed by atoms with E-state index in [-0.39, 0.29) is 12.3 Å². The normalized spacial score (nSPS) is 11.5. The molecule has 0 saturated heterocycles. The lowest BCUT2D eigenvalue weighted by molar-refractivity contribution is -0.192.